The Bertz CT molecular complexity index is 224. The van der Waals surface area contributed by atoms with Gasteiger partial charge in [0.15, 0.2) is 0 Å². The van der Waals surface area contributed by atoms with Gasteiger partial charge in [-0.2, -0.15) is 0 Å². The molecule has 74 valence electrons. The standard InChI is InChI=1S/C11H19NO/c1-5-6-11(4)7-9(2)12(8-11)10(3)13/h5,9H,1,6-8H2,2-4H3. The first kappa shape index (κ1) is 10.3. The Morgan fingerprint density at radius 3 is 2.77 bits per heavy atom. The second-order valence-electron chi connectivity index (χ2n) is 4.50. The average molecular weight is 181 g/mol. The number of carbonyl (C=O) groups excluding carboxylic acids is 1. The van der Waals surface area contributed by atoms with Crippen LogP contribution in [0, 0.1) is 5.41 Å². The van der Waals surface area contributed by atoms with Gasteiger partial charge in [0, 0.05) is 19.5 Å². The van der Waals surface area contributed by atoms with Crippen molar-refractivity contribution < 1.29 is 4.79 Å². The Balaban J connectivity index is 2.68. The van der Waals surface area contributed by atoms with Crippen LogP contribution in [0.15, 0.2) is 12.7 Å². The molecule has 0 spiro atoms. The van der Waals surface area contributed by atoms with E-state index in [-0.39, 0.29) is 11.3 Å². The fourth-order valence-electron chi connectivity index (χ4n) is 2.37. The number of nitrogens with zero attached hydrogens (tertiary/aromatic N) is 1. The lowest BCUT2D eigenvalue weighted by molar-refractivity contribution is -0.129. The number of hydrogen-bond acceptors (Lipinski definition) is 1. The van der Waals surface area contributed by atoms with Crippen molar-refractivity contribution in [2.45, 2.75) is 39.7 Å². The zero-order valence-electron chi connectivity index (χ0n) is 8.84. The minimum Gasteiger partial charge on any atom is -0.340 e. The summed E-state index contributed by atoms with van der Waals surface area (Å²) in [6.07, 6.45) is 4.05. The number of amides is 1. The van der Waals surface area contributed by atoms with Gasteiger partial charge in [-0.25, -0.2) is 0 Å². The van der Waals surface area contributed by atoms with E-state index in [9.17, 15) is 4.79 Å². The van der Waals surface area contributed by atoms with Crippen molar-refractivity contribution in [3.63, 3.8) is 0 Å². The highest BCUT2D eigenvalue weighted by molar-refractivity contribution is 5.74. The van der Waals surface area contributed by atoms with Crippen LogP contribution in [0.5, 0.6) is 0 Å². The Kier molecular flexibility index (Phi) is 2.79. The van der Waals surface area contributed by atoms with E-state index in [1.165, 1.54) is 0 Å². The second kappa shape index (κ2) is 3.52. The van der Waals surface area contributed by atoms with E-state index in [2.05, 4.69) is 20.4 Å². The maximum atomic E-state index is 11.2. The van der Waals surface area contributed by atoms with Crippen molar-refractivity contribution in [1.29, 1.82) is 0 Å². The first-order valence-electron chi connectivity index (χ1n) is 4.86. The first-order chi connectivity index (χ1) is 5.98. The van der Waals surface area contributed by atoms with Crippen molar-refractivity contribution in [1.82, 2.24) is 4.90 Å². The molecule has 1 fully saturated rings. The number of rotatable bonds is 2. The molecule has 0 aromatic rings. The summed E-state index contributed by atoms with van der Waals surface area (Å²) < 4.78 is 0. The van der Waals surface area contributed by atoms with E-state index >= 15 is 0 Å². The van der Waals surface area contributed by atoms with E-state index in [0.717, 1.165) is 19.4 Å². The smallest absolute Gasteiger partial charge is 0.219 e. The molecule has 2 nitrogen and oxygen atoms in total. The molecule has 2 atom stereocenters. The summed E-state index contributed by atoms with van der Waals surface area (Å²) in [5.74, 6) is 0.195. The van der Waals surface area contributed by atoms with E-state index in [4.69, 9.17) is 0 Å². The molecule has 13 heavy (non-hydrogen) atoms. The third-order valence-electron chi connectivity index (χ3n) is 2.91. The minimum atomic E-state index is 0.195. The van der Waals surface area contributed by atoms with Crippen molar-refractivity contribution in [3.05, 3.63) is 12.7 Å². The summed E-state index contributed by atoms with van der Waals surface area (Å²) in [5.41, 5.74) is 0.257. The lowest BCUT2D eigenvalue weighted by atomic mass is 9.85. The zero-order valence-corrected chi connectivity index (χ0v) is 8.84. The van der Waals surface area contributed by atoms with Gasteiger partial charge in [0.2, 0.25) is 5.91 Å². The molecule has 0 aliphatic carbocycles. The Morgan fingerprint density at radius 1 is 1.77 bits per heavy atom. The third-order valence-corrected chi connectivity index (χ3v) is 2.91. The van der Waals surface area contributed by atoms with Gasteiger partial charge in [-0.3, -0.25) is 4.79 Å². The van der Waals surface area contributed by atoms with E-state index < -0.39 is 0 Å². The Labute approximate surface area is 80.6 Å². The molecule has 0 aromatic carbocycles. The summed E-state index contributed by atoms with van der Waals surface area (Å²) in [5, 5.41) is 0. The normalized spacial score (nSPS) is 33.5. The van der Waals surface area contributed by atoms with Crippen LogP contribution in [0.4, 0.5) is 0 Å². The van der Waals surface area contributed by atoms with Crippen LogP contribution in [0.25, 0.3) is 0 Å². The van der Waals surface area contributed by atoms with Crippen LogP contribution in [0.1, 0.15) is 33.6 Å². The highest BCUT2D eigenvalue weighted by atomic mass is 16.2. The summed E-state index contributed by atoms with van der Waals surface area (Å²) >= 11 is 0. The molecule has 1 amide bonds. The van der Waals surface area contributed by atoms with Gasteiger partial charge in [0.05, 0.1) is 0 Å². The Morgan fingerprint density at radius 2 is 2.38 bits per heavy atom. The van der Waals surface area contributed by atoms with Crippen LogP contribution in [-0.2, 0) is 4.79 Å². The molecule has 1 aliphatic rings. The third kappa shape index (κ3) is 2.11. The molecule has 0 aromatic heterocycles. The number of allylic oxidation sites excluding steroid dienone is 1. The number of hydrogen-bond donors (Lipinski definition) is 0. The summed E-state index contributed by atoms with van der Waals surface area (Å²) in [7, 11) is 0. The highest BCUT2D eigenvalue weighted by Crippen LogP contribution is 2.37. The van der Waals surface area contributed by atoms with Crippen molar-refractivity contribution >= 4 is 5.91 Å². The second-order valence-corrected chi connectivity index (χ2v) is 4.50. The van der Waals surface area contributed by atoms with E-state index in [1.807, 2.05) is 11.0 Å². The average Bonchev–Trinajstić information content (AvgIpc) is 2.27. The van der Waals surface area contributed by atoms with Crippen molar-refractivity contribution in [2.24, 2.45) is 5.41 Å². The monoisotopic (exact) mass is 181 g/mol. The highest BCUT2D eigenvalue weighted by Gasteiger charge is 2.38. The van der Waals surface area contributed by atoms with Gasteiger partial charge in [0.1, 0.15) is 0 Å². The Hall–Kier alpha value is -0.790. The molecule has 2 unspecified atom stereocenters. The zero-order chi connectivity index (χ0) is 10.1. The molecular weight excluding hydrogens is 162 g/mol. The molecule has 1 aliphatic heterocycles. The van der Waals surface area contributed by atoms with Crippen LogP contribution in [-0.4, -0.2) is 23.4 Å². The topological polar surface area (TPSA) is 20.3 Å². The lowest BCUT2D eigenvalue weighted by Gasteiger charge is -2.22. The molecule has 1 saturated heterocycles. The van der Waals surface area contributed by atoms with Gasteiger partial charge in [0.25, 0.3) is 0 Å². The van der Waals surface area contributed by atoms with Crippen LogP contribution in [0.2, 0.25) is 0 Å². The molecule has 0 N–H and O–H groups in total. The number of carbonyl (C=O) groups is 1. The lowest BCUT2D eigenvalue weighted by Crippen LogP contribution is -2.32. The maximum Gasteiger partial charge on any atom is 0.219 e. The SMILES string of the molecule is C=CCC1(C)CC(C)N(C(C)=O)C1. The summed E-state index contributed by atoms with van der Waals surface area (Å²) in [4.78, 5) is 13.2. The molecule has 1 heterocycles. The van der Waals surface area contributed by atoms with Gasteiger partial charge in [-0.05, 0) is 25.2 Å². The minimum absolute atomic E-state index is 0.195. The predicted octanol–water partition coefficient (Wildman–Crippen LogP) is 2.21. The summed E-state index contributed by atoms with van der Waals surface area (Å²) in [6.45, 7) is 10.6. The van der Waals surface area contributed by atoms with Crippen LogP contribution in [0.3, 0.4) is 0 Å². The predicted molar refractivity (Wildman–Crippen MR) is 54.4 cm³/mol. The van der Waals surface area contributed by atoms with Gasteiger partial charge in [-0.15, -0.1) is 6.58 Å². The van der Waals surface area contributed by atoms with Crippen LogP contribution >= 0.6 is 0 Å². The molecule has 2 heteroatoms. The molecule has 0 saturated carbocycles. The molecular formula is C11H19NO. The van der Waals surface area contributed by atoms with Crippen molar-refractivity contribution in [2.75, 3.05) is 6.54 Å². The van der Waals surface area contributed by atoms with E-state index in [1.54, 1.807) is 6.92 Å². The fraction of sp³-hybridized carbons (Fsp3) is 0.727. The van der Waals surface area contributed by atoms with Crippen LogP contribution < -0.4 is 0 Å². The van der Waals surface area contributed by atoms with Gasteiger partial charge >= 0.3 is 0 Å². The fourth-order valence-corrected chi connectivity index (χ4v) is 2.37. The van der Waals surface area contributed by atoms with E-state index in [0.29, 0.717) is 6.04 Å². The largest absolute Gasteiger partial charge is 0.340 e. The molecule has 0 bridgehead atoms. The summed E-state index contributed by atoms with van der Waals surface area (Å²) in [6, 6.07) is 0.391. The van der Waals surface area contributed by atoms with Crippen molar-refractivity contribution in [3.8, 4) is 0 Å². The molecule has 1 rings (SSSR count). The maximum absolute atomic E-state index is 11.2. The first-order valence-corrected chi connectivity index (χ1v) is 4.86. The van der Waals surface area contributed by atoms with Gasteiger partial charge < -0.3 is 4.90 Å². The van der Waals surface area contributed by atoms with Gasteiger partial charge in [-0.1, -0.05) is 13.0 Å². The number of likely N-dealkylation sites (tertiary alicyclic amines) is 1. The quantitative estimate of drug-likeness (QED) is 0.598. The molecule has 0 radical (unpaired) electrons.